The van der Waals surface area contributed by atoms with Crippen LogP contribution in [0.1, 0.15) is 45.2 Å². The number of allylic oxidation sites excluding steroid dienone is 4. The minimum absolute atomic E-state index is 1.03. The molecule has 0 aliphatic carbocycles. The van der Waals surface area contributed by atoms with Crippen LogP contribution in [0.15, 0.2) is 29.5 Å². The molecular weight excluding hydrogens is 360 g/mol. The standard InChI is InChI=1S/C25H31N2S/c1-14(9-21-12-20-11-15(2)28-25(20)27(21)8)10-22-13-23-18(5)16(3)17(4)19(6)24(23)26(22)7/h9-11H,12-13H2,1-8H3/q+1. The molecule has 28 heavy (non-hydrogen) atoms. The van der Waals surface area contributed by atoms with Gasteiger partial charge in [-0.2, -0.15) is 4.58 Å². The number of benzene rings is 1. The summed E-state index contributed by atoms with van der Waals surface area (Å²) in [6.07, 6.45) is 6.82. The maximum Gasteiger partial charge on any atom is 0.265 e. The zero-order chi connectivity index (χ0) is 20.3. The Morgan fingerprint density at radius 1 is 1.04 bits per heavy atom. The average Bonchev–Trinajstić information content (AvgIpc) is 3.25. The molecule has 2 aliphatic rings. The molecule has 0 unspecified atom stereocenters. The average molecular weight is 392 g/mol. The normalized spacial score (nSPS) is 17.8. The molecule has 0 saturated carbocycles. The summed E-state index contributed by atoms with van der Waals surface area (Å²) in [5, 5.41) is 1.41. The number of aryl methyl sites for hydroxylation is 1. The van der Waals surface area contributed by atoms with Crippen LogP contribution in [0, 0.1) is 34.6 Å². The van der Waals surface area contributed by atoms with Crippen molar-refractivity contribution in [2.75, 3.05) is 19.0 Å². The summed E-state index contributed by atoms with van der Waals surface area (Å²) in [6, 6.07) is 2.34. The van der Waals surface area contributed by atoms with E-state index in [4.69, 9.17) is 0 Å². The number of hydrogen-bond donors (Lipinski definition) is 0. The van der Waals surface area contributed by atoms with Crippen molar-refractivity contribution in [1.29, 1.82) is 0 Å². The van der Waals surface area contributed by atoms with Crippen LogP contribution in [0.25, 0.3) is 0 Å². The molecule has 2 nitrogen and oxygen atoms in total. The van der Waals surface area contributed by atoms with E-state index in [-0.39, 0.29) is 0 Å². The lowest BCUT2D eigenvalue weighted by Gasteiger charge is -2.21. The van der Waals surface area contributed by atoms with Crippen LogP contribution in [0.4, 0.5) is 10.7 Å². The predicted octanol–water partition coefficient (Wildman–Crippen LogP) is 6.08. The summed E-state index contributed by atoms with van der Waals surface area (Å²) < 4.78 is 2.36. The van der Waals surface area contributed by atoms with Crippen molar-refractivity contribution in [3.8, 4) is 0 Å². The highest BCUT2D eigenvalue weighted by atomic mass is 32.1. The number of thiophene rings is 1. The van der Waals surface area contributed by atoms with Crippen LogP contribution >= 0.6 is 11.3 Å². The van der Waals surface area contributed by atoms with E-state index in [2.05, 4.69) is 83.3 Å². The van der Waals surface area contributed by atoms with Gasteiger partial charge in [-0.1, -0.05) is 11.3 Å². The van der Waals surface area contributed by atoms with Gasteiger partial charge in [-0.05, 0) is 87.1 Å². The minimum atomic E-state index is 1.03. The lowest BCUT2D eigenvalue weighted by Crippen LogP contribution is -2.13. The zero-order valence-electron chi connectivity index (χ0n) is 18.4. The molecule has 3 heteroatoms. The van der Waals surface area contributed by atoms with E-state index in [9.17, 15) is 0 Å². The van der Waals surface area contributed by atoms with Gasteiger partial charge < -0.3 is 4.90 Å². The predicted molar refractivity (Wildman–Crippen MR) is 123 cm³/mol. The fraction of sp³-hybridized carbons (Fsp3) is 0.400. The number of fused-ring (bicyclic) bond motifs is 2. The summed E-state index contributed by atoms with van der Waals surface area (Å²) in [5.74, 6) is 0. The zero-order valence-corrected chi connectivity index (χ0v) is 19.3. The molecule has 0 atom stereocenters. The Hall–Kier alpha value is -2.13. The maximum absolute atomic E-state index is 2.41. The third-order valence-electron chi connectivity index (χ3n) is 6.71. The molecule has 0 radical (unpaired) electrons. The van der Waals surface area contributed by atoms with Gasteiger partial charge in [-0.25, -0.2) is 0 Å². The van der Waals surface area contributed by atoms with Gasteiger partial charge in [0.05, 0.1) is 6.42 Å². The fourth-order valence-corrected chi connectivity index (χ4v) is 5.78. The van der Waals surface area contributed by atoms with E-state index in [1.54, 1.807) is 0 Å². The van der Waals surface area contributed by atoms with E-state index in [0.29, 0.717) is 0 Å². The van der Waals surface area contributed by atoms with Crippen molar-refractivity contribution in [3.63, 3.8) is 0 Å². The first-order valence-corrected chi connectivity index (χ1v) is 10.9. The van der Waals surface area contributed by atoms with E-state index in [1.807, 2.05) is 11.3 Å². The second kappa shape index (κ2) is 6.73. The van der Waals surface area contributed by atoms with Crippen LogP contribution in [0.3, 0.4) is 0 Å². The third-order valence-corrected chi connectivity index (χ3v) is 7.88. The Kier molecular flexibility index (Phi) is 4.62. The number of hydrogen-bond acceptors (Lipinski definition) is 2. The van der Waals surface area contributed by atoms with E-state index >= 15 is 0 Å². The van der Waals surface area contributed by atoms with Gasteiger partial charge in [0, 0.05) is 41.4 Å². The molecule has 0 fully saturated rings. The Labute approximate surface area is 173 Å². The minimum Gasteiger partial charge on any atom is -0.347 e. The van der Waals surface area contributed by atoms with Gasteiger partial charge in [0.15, 0.2) is 5.71 Å². The van der Waals surface area contributed by atoms with Gasteiger partial charge in [0.25, 0.3) is 5.00 Å². The topological polar surface area (TPSA) is 6.25 Å². The third kappa shape index (κ3) is 2.88. The molecular formula is C25H31N2S+. The Balaban J connectivity index is 1.67. The molecule has 0 spiro atoms. The van der Waals surface area contributed by atoms with Crippen molar-refractivity contribution in [3.05, 3.63) is 67.7 Å². The van der Waals surface area contributed by atoms with Crippen molar-refractivity contribution >= 4 is 27.7 Å². The summed E-state index contributed by atoms with van der Waals surface area (Å²) in [6.45, 7) is 13.5. The lowest BCUT2D eigenvalue weighted by atomic mass is 9.92. The first-order chi connectivity index (χ1) is 13.2. The Bertz CT molecular complexity index is 1090. The van der Waals surface area contributed by atoms with Crippen LogP contribution in [-0.4, -0.2) is 24.4 Å². The molecule has 4 rings (SSSR count). The molecule has 1 aromatic carbocycles. The first kappa shape index (κ1) is 19.2. The summed E-state index contributed by atoms with van der Waals surface area (Å²) in [5.41, 5.74) is 14.3. The lowest BCUT2D eigenvalue weighted by molar-refractivity contribution is -0.396. The summed E-state index contributed by atoms with van der Waals surface area (Å²) in [7, 11) is 4.42. The smallest absolute Gasteiger partial charge is 0.265 e. The molecule has 0 N–H and O–H groups in total. The molecule has 146 valence electrons. The van der Waals surface area contributed by atoms with Gasteiger partial charge in [-0.3, -0.25) is 0 Å². The van der Waals surface area contributed by atoms with Crippen LogP contribution in [-0.2, 0) is 12.8 Å². The molecule has 2 aliphatic heterocycles. The largest absolute Gasteiger partial charge is 0.347 e. The summed E-state index contributed by atoms with van der Waals surface area (Å²) >= 11 is 1.90. The number of rotatable bonds is 2. The number of anilines is 1. The van der Waals surface area contributed by atoms with Crippen LogP contribution < -0.4 is 4.90 Å². The van der Waals surface area contributed by atoms with Gasteiger partial charge in [-0.15, -0.1) is 0 Å². The second-order valence-electron chi connectivity index (χ2n) is 8.50. The van der Waals surface area contributed by atoms with Gasteiger partial charge in [0.2, 0.25) is 0 Å². The van der Waals surface area contributed by atoms with E-state index < -0.39 is 0 Å². The van der Waals surface area contributed by atoms with Crippen LogP contribution in [0.2, 0.25) is 0 Å². The SMILES string of the molecule is CC(=CC1=[N+](C)c2sc(C)cc2C1)C=C1Cc2c(C)c(C)c(C)c(C)c2N1C. The fourth-order valence-electron chi connectivity index (χ4n) is 4.76. The highest BCUT2D eigenvalue weighted by Gasteiger charge is 2.29. The monoisotopic (exact) mass is 391 g/mol. The maximum atomic E-state index is 2.41. The van der Waals surface area contributed by atoms with Crippen molar-refractivity contribution < 1.29 is 4.58 Å². The molecule has 0 amide bonds. The molecule has 3 heterocycles. The van der Waals surface area contributed by atoms with Crippen molar-refractivity contribution in [2.45, 2.75) is 54.4 Å². The molecule has 0 saturated heterocycles. The number of nitrogens with zero attached hydrogens (tertiary/aromatic N) is 2. The van der Waals surface area contributed by atoms with Crippen LogP contribution in [0.5, 0.6) is 0 Å². The number of likely N-dealkylation sites (N-methyl/N-ethyl adjacent to an activating group) is 1. The molecule has 0 bridgehead atoms. The first-order valence-electron chi connectivity index (χ1n) is 10.1. The summed E-state index contributed by atoms with van der Waals surface area (Å²) in [4.78, 5) is 3.81. The van der Waals surface area contributed by atoms with E-state index in [0.717, 1.165) is 12.8 Å². The Morgan fingerprint density at radius 3 is 2.39 bits per heavy atom. The quantitative estimate of drug-likeness (QED) is 0.562. The molecule has 1 aromatic heterocycles. The highest BCUT2D eigenvalue weighted by molar-refractivity contribution is 7.15. The second-order valence-corrected chi connectivity index (χ2v) is 9.74. The van der Waals surface area contributed by atoms with Gasteiger partial charge >= 0.3 is 0 Å². The Morgan fingerprint density at radius 2 is 1.71 bits per heavy atom. The van der Waals surface area contributed by atoms with Crippen molar-refractivity contribution in [2.24, 2.45) is 0 Å². The van der Waals surface area contributed by atoms with E-state index in [1.165, 1.54) is 65.9 Å². The highest BCUT2D eigenvalue weighted by Crippen LogP contribution is 2.41. The van der Waals surface area contributed by atoms with Gasteiger partial charge in [0.1, 0.15) is 7.05 Å². The van der Waals surface area contributed by atoms with Crippen molar-refractivity contribution in [1.82, 2.24) is 0 Å². The molecule has 2 aromatic rings.